The zero-order valence-corrected chi connectivity index (χ0v) is 24.2. The molecule has 1 amide bonds. The van der Waals surface area contributed by atoms with E-state index in [-0.39, 0.29) is 18.2 Å². The van der Waals surface area contributed by atoms with Gasteiger partial charge in [0.25, 0.3) is 0 Å². The van der Waals surface area contributed by atoms with Crippen molar-refractivity contribution >= 4 is 23.0 Å². The van der Waals surface area contributed by atoms with Gasteiger partial charge in [-0.25, -0.2) is 9.82 Å². The lowest BCUT2D eigenvalue weighted by Crippen LogP contribution is -2.17. The fraction of sp³-hybridized carbons (Fsp3) is 0.143. The average Bonchev–Trinajstić information content (AvgIpc) is 3.70. The summed E-state index contributed by atoms with van der Waals surface area (Å²) in [6.07, 6.45) is 1.61. The van der Waals surface area contributed by atoms with Gasteiger partial charge in [0.2, 0.25) is 0 Å². The Balaban J connectivity index is 1.10. The predicted octanol–water partition coefficient (Wildman–Crippen LogP) is 7.48. The van der Waals surface area contributed by atoms with Gasteiger partial charge < -0.3 is 18.3 Å². The van der Waals surface area contributed by atoms with Gasteiger partial charge >= 0.3 is 5.91 Å². The maximum absolute atomic E-state index is 14.4. The zero-order chi connectivity index (χ0) is 29.9. The Morgan fingerprint density at radius 1 is 0.907 bits per heavy atom. The smallest absolute Gasteiger partial charge is 0.307 e. The van der Waals surface area contributed by atoms with E-state index in [1.807, 2.05) is 66.1 Å². The van der Waals surface area contributed by atoms with E-state index in [1.165, 1.54) is 17.5 Å². The number of hydrogen-bond donors (Lipinski definition) is 1. The molecule has 1 N–H and O–H groups in total. The van der Waals surface area contributed by atoms with Crippen LogP contribution < -0.4 is 10.2 Å². The first-order valence-electron chi connectivity index (χ1n) is 14.0. The van der Waals surface area contributed by atoms with Crippen LogP contribution in [-0.4, -0.2) is 21.3 Å². The molecule has 43 heavy (non-hydrogen) atoms. The molecule has 0 aliphatic carbocycles. The number of furan rings is 1. The number of hydrogen-bond acceptors (Lipinski definition) is 4. The molecular formula is C35H31FN4O3. The highest BCUT2D eigenvalue weighted by Crippen LogP contribution is 2.26. The molecule has 0 aliphatic heterocycles. The first kappa shape index (κ1) is 27.8. The molecule has 3 aromatic carbocycles. The summed E-state index contributed by atoms with van der Waals surface area (Å²) in [5, 5.41) is 5.16. The van der Waals surface area contributed by atoms with E-state index >= 15 is 0 Å². The van der Waals surface area contributed by atoms with E-state index in [0.717, 1.165) is 27.8 Å². The fourth-order valence-electron chi connectivity index (χ4n) is 5.33. The Kier molecular flexibility index (Phi) is 7.66. The Morgan fingerprint density at radius 3 is 2.40 bits per heavy atom. The Labute approximate surface area is 248 Å². The summed E-state index contributed by atoms with van der Waals surface area (Å²) >= 11 is 0. The highest BCUT2D eigenvalue weighted by molar-refractivity contribution is 6.01. The van der Waals surface area contributed by atoms with Gasteiger partial charge in [-0.3, -0.25) is 4.79 Å². The number of halogens is 1. The van der Waals surface area contributed by atoms with Crippen LogP contribution in [0.1, 0.15) is 44.5 Å². The predicted molar refractivity (Wildman–Crippen MR) is 166 cm³/mol. The minimum absolute atomic E-state index is 0.128. The molecule has 0 saturated heterocycles. The fourth-order valence-corrected chi connectivity index (χ4v) is 5.33. The van der Waals surface area contributed by atoms with Crippen LogP contribution in [0.2, 0.25) is 0 Å². The summed E-state index contributed by atoms with van der Waals surface area (Å²) < 4.78 is 30.2. The second kappa shape index (κ2) is 11.9. The van der Waals surface area contributed by atoms with E-state index in [4.69, 9.17) is 9.15 Å². The van der Waals surface area contributed by atoms with Crippen molar-refractivity contribution in [1.82, 2.24) is 14.6 Å². The van der Waals surface area contributed by atoms with E-state index in [0.29, 0.717) is 23.6 Å². The summed E-state index contributed by atoms with van der Waals surface area (Å²) in [7, 11) is 0. The molecule has 0 saturated carbocycles. The highest BCUT2D eigenvalue weighted by atomic mass is 19.1. The van der Waals surface area contributed by atoms with Gasteiger partial charge in [-0.05, 0) is 81.4 Å². The number of benzene rings is 3. The maximum atomic E-state index is 14.4. The number of aryl methyl sites for hydroxylation is 2. The molecule has 216 valence electrons. The summed E-state index contributed by atoms with van der Waals surface area (Å²) in [4.78, 5) is 12.8. The molecule has 0 spiro atoms. The number of nitrogens with one attached hydrogen (secondary N) is 1. The molecule has 3 aromatic heterocycles. The van der Waals surface area contributed by atoms with Gasteiger partial charge in [0.05, 0.1) is 12.8 Å². The van der Waals surface area contributed by atoms with Gasteiger partial charge in [0.1, 0.15) is 23.9 Å². The number of aromatic nitrogens is 2. The van der Waals surface area contributed by atoms with Crippen molar-refractivity contribution in [1.29, 1.82) is 0 Å². The van der Waals surface area contributed by atoms with Gasteiger partial charge in [0, 0.05) is 44.8 Å². The quantitative estimate of drug-likeness (QED) is 0.144. The van der Waals surface area contributed by atoms with Crippen molar-refractivity contribution in [3.63, 3.8) is 0 Å². The van der Waals surface area contributed by atoms with Gasteiger partial charge in [-0.1, -0.05) is 36.4 Å². The standard InChI is InChI=1S/C35H31FN4O3/c1-23-12-13-24(2)40(23)27-14-16-28(17-15-27)42-22-29-18-19-34(43-29)35(41)38-37-20-31-25(3)39(33-11-7-5-9-30(31)33)21-26-8-4-6-10-32(26)36/h4-20H,21-22H2,1-3H3,(H,38,41)/b37-20+. The van der Waals surface area contributed by atoms with Gasteiger partial charge in [-0.2, -0.15) is 5.10 Å². The minimum atomic E-state index is -0.475. The minimum Gasteiger partial charge on any atom is -0.486 e. The lowest BCUT2D eigenvalue weighted by molar-refractivity contribution is 0.0923. The van der Waals surface area contributed by atoms with Crippen molar-refractivity contribution in [2.45, 2.75) is 33.9 Å². The molecule has 0 unspecified atom stereocenters. The molecule has 0 aliphatic rings. The Hall–Kier alpha value is -5.37. The second-order valence-electron chi connectivity index (χ2n) is 10.4. The summed E-state index contributed by atoms with van der Waals surface area (Å²) in [6, 6.07) is 29.9. The SMILES string of the molecule is Cc1ccc(C)n1-c1ccc(OCc2ccc(C(=O)N/N=C/c3c(C)n(Cc4ccccc4F)c4ccccc34)o2)cc1. The van der Waals surface area contributed by atoms with Crippen molar-refractivity contribution < 1.29 is 18.3 Å². The van der Waals surface area contributed by atoms with Crippen LogP contribution in [0, 0.1) is 26.6 Å². The first-order chi connectivity index (χ1) is 20.9. The third kappa shape index (κ3) is 5.72. The molecule has 8 heteroatoms. The largest absolute Gasteiger partial charge is 0.486 e. The number of hydrazone groups is 1. The number of fused-ring (bicyclic) bond motifs is 1. The number of ether oxygens (including phenoxy) is 1. The number of para-hydroxylation sites is 1. The van der Waals surface area contributed by atoms with Crippen LogP contribution in [0.3, 0.4) is 0 Å². The van der Waals surface area contributed by atoms with Crippen LogP contribution in [0.25, 0.3) is 16.6 Å². The number of nitrogens with zero attached hydrogens (tertiary/aromatic N) is 3. The van der Waals surface area contributed by atoms with Crippen LogP contribution in [0.15, 0.2) is 107 Å². The summed E-state index contributed by atoms with van der Waals surface area (Å²) in [5.41, 5.74) is 9.25. The van der Waals surface area contributed by atoms with Crippen molar-refractivity contribution in [3.05, 3.63) is 143 Å². The van der Waals surface area contributed by atoms with Crippen LogP contribution >= 0.6 is 0 Å². The topological polar surface area (TPSA) is 73.7 Å². The Morgan fingerprint density at radius 2 is 1.63 bits per heavy atom. The van der Waals surface area contributed by atoms with Gasteiger partial charge in [0.15, 0.2) is 5.76 Å². The molecule has 7 nitrogen and oxygen atoms in total. The number of amides is 1. The normalized spacial score (nSPS) is 11.4. The van der Waals surface area contributed by atoms with Crippen LogP contribution in [0.4, 0.5) is 4.39 Å². The summed E-state index contributed by atoms with van der Waals surface area (Å²) in [6.45, 7) is 6.66. The highest BCUT2D eigenvalue weighted by Gasteiger charge is 2.15. The third-order valence-electron chi connectivity index (χ3n) is 7.56. The molecule has 0 atom stereocenters. The number of carbonyl (C=O) groups excluding carboxylic acids is 1. The van der Waals surface area contributed by atoms with E-state index in [1.54, 1.807) is 30.5 Å². The lowest BCUT2D eigenvalue weighted by Gasteiger charge is -2.10. The number of carbonyl (C=O) groups is 1. The first-order valence-corrected chi connectivity index (χ1v) is 14.0. The molecule has 6 rings (SSSR count). The monoisotopic (exact) mass is 574 g/mol. The molecule has 0 fully saturated rings. The van der Waals surface area contributed by atoms with E-state index in [2.05, 4.69) is 41.1 Å². The maximum Gasteiger partial charge on any atom is 0.307 e. The third-order valence-corrected chi connectivity index (χ3v) is 7.56. The molecule has 3 heterocycles. The number of rotatable bonds is 9. The zero-order valence-electron chi connectivity index (χ0n) is 24.2. The van der Waals surface area contributed by atoms with Gasteiger partial charge in [-0.15, -0.1) is 0 Å². The Bertz CT molecular complexity index is 1930. The second-order valence-corrected chi connectivity index (χ2v) is 10.4. The van der Waals surface area contributed by atoms with Crippen molar-refractivity contribution in [2.75, 3.05) is 0 Å². The lowest BCUT2D eigenvalue weighted by atomic mass is 10.1. The van der Waals surface area contributed by atoms with Crippen LogP contribution in [0.5, 0.6) is 5.75 Å². The van der Waals surface area contributed by atoms with E-state index < -0.39 is 5.91 Å². The molecular weight excluding hydrogens is 543 g/mol. The molecule has 6 aromatic rings. The van der Waals surface area contributed by atoms with E-state index in [9.17, 15) is 9.18 Å². The van der Waals surface area contributed by atoms with Crippen LogP contribution in [-0.2, 0) is 13.2 Å². The summed E-state index contributed by atoms with van der Waals surface area (Å²) in [5.74, 6) is 0.617. The van der Waals surface area contributed by atoms with Crippen molar-refractivity contribution in [3.8, 4) is 11.4 Å². The average molecular weight is 575 g/mol. The van der Waals surface area contributed by atoms with Crippen molar-refractivity contribution in [2.24, 2.45) is 5.10 Å². The molecule has 0 bridgehead atoms. The molecule has 0 radical (unpaired) electrons.